The van der Waals surface area contributed by atoms with Crippen molar-refractivity contribution in [2.75, 3.05) is 59.0 Å². The molecule has 2 aromatic carbocycles. The van der Waals surface area contributed by atoms with E-state index in [0.717, 1.165) is 69.1 Å². The van der Waals surface area contributed by atoms with Crippen LogP contribution in [0.25, 0.3) is 11.3 Å². The predicted molar refractivity (Wildman–Crippen MR) is 188 cm³/mol. The minimum Gasteiger partial charge on any atom is -0.379 e. The van der Waals surface area contributed by atoms with Crippen molar-refractivity contribution < 1.29 is 19.1 Å². The average molecular weight is 707 g/mol. The van der Waals surface area contributed by atoms with E-state index in [-0.39, 0.29) is 12.5 Å². The highest BCUT2D eigenvalue weighted by molar-refractivity contribution is 6.34. The number of hydrogen-bond donors (Lipinski definition) is 2. The molecule has 258 valence electrons. The van der Waals surface area contributed by atoms with E-state index in [0.29, 0.717) is 71.1 Å². The molecule has 2 saturated heterocycles. The van der Waals surface area contributed by atoms with Gasteiger partial charge in [0.2, 0.25) is 0 Å². The van der Waals surface area contributed by atoms with Gasteiger partial charge in [0, 0.05) is 86.2 Å². The van der Waals surface area contributed by atoms with Crippen LogP contribution in [0.4, 0.5) is 0 Å². The first-order valence-corrected chi connectivity index (χ1v) is 17.6. The van der Waals surface area contributed by atoms with Crippen molar-refractivity contribution in [1.29, 1.82) is 0 Å². The third kappa shape index (κ3) is 8.11. The van der Waals surface area contributed by atoms with Crippen LogP contribution in [0.3, 0.4) is 0 Å². The van der Waals surface area contributed by atoms with Crippen molar-refractivity contribution in [3.63, 3.8) is 0 Å². The summed E-state index contributed by atoms with van der Waals surface area (Å²) in [4.78, 5) is 43.4. The van der Waals surface area contributed by atoms with Crippen LogP contribution in [0, 0.1) is 11.8 Å². The number of halogens is 2. The normalized spacial score (nSPS) is 18.3. The molecule has 0 spiro atoms. The van der Waals surface area contributed by atoms with Crippen molar-refractivity contribution in [2.24, 2.45) is 5.73 Å². The van der Waals surface area contributed by atoms with Gasteiger partial charge >= 0.3 is 11.8 Å². The lowest BCUT2D eigenvalue weighted by atomic mass is 9.99. The summed E-state index contributed by atoms with van der Waals surface area (Å²) in [5.41, 5.74) is 10.4. The molecule has 0 unspecified atom stereocenters. The Morgan fingerprint density at radius 1 is 1.00 bits per heavy atom. The lowest BCUT2D eigenvalue weighted by molar-refractivity contribution is -0.144. The molecule has 6 rings (SSSR count). The Bertz CT molecular complexity index is 1790. The molecule has 3 N–H and O–H groups in total. The van der Waals surface area contributed by atoms with E-state index in [9.17, 15) is 14.4 Å². The largest absolute Gasteiger partial charge is 0.379 e. The highest BCUT2D eigenvalue weighted by Gasteiger charge is 2.30. The maximum absolute atomic E-state index is 13.3. The molecule has 3 aromatic rings. The van der Waals surface area contributed by atoms with Gasteiger partial charge in [-0.05, 0) is 56.6 Å². The first kappa shape index (κ1) is 34.9. The van der Waals surface area contributed by atoms with E-state index in [1.807, 2.05) is 21.7 Å². The summed E-state index contributed by atoms with van der Waals surface area (Å²) >= 11 is 13.1. The first-order valence-electron chi connectivity index (χ1n) is 16.8. The zero-order valence-corrected chi connectivity index (χ0v) is 29.2. The second-order valence-corrected chi connectivity index (χ2v) is 13.5. The van der Waals surface area contributed by atoms with Gasteiger partial charge in [-0.2, -0.15) is 5.10 Å². The maximum Gasteiger partial charge on any atom is 0.311 e. The van der Waals surface area contributed by atoms with Gasteiger partial charge < -0.3 is 25.6 Å². The van der Waals surface area contributed by atoms with Crippen molar-refractivity contribution in [2.45, 2.75) is 45.3 Å². The Morgan fingerprint density at radius 3 is 2.65 bits per heavy atom. The van der Waals surface area contributed by atoms with Gasteiger partial charge in [-0.25, -0.2) is 0 Å². The molecule has 0 aliphatic carbocycles. The van der Waals surface area contributed by atoms with Crippen LogP contribution in [0.15, 0.2) is 36.4 Å². The molecule has 11 nitrogen and oxygen atoms in total. The van der Waals surface area contributed by atoms with E-state index in [1.165, 1.54) is 4.90 Å². The number of primary amides is 1. The molecule has 1 aromatic heterocycles. The molecule has 0 radical (unpaired) electrons. The number of rotatable bonds is 6. The van der Waals surface area contributed by atoms with E-state index in [4.69, 9.17) is 38.8 Å². The number of nitrogens with one attached hydrogen (secondary N) is 1. The zero-order chi connectivity index (χ0) is 34.5. The lowest BCUT2D eigenvalue weighted by Crippen LogP contribution is -2.44. The number of carbonyl (C=O) groups excluding carboxylic acids is 3. The maximum atomic E-state index is 13.3. The van der Waals surface area contributed by atoms with Gasteiger partial charge in [0.15, 0.2) is 0 Å². The van der Waals surface area contributed by atoms with Crippen LogP contribution in [-0.2, 0) is 33.8 Å². The SMILES string of the molecule is C[C@H]1COCCN1CCCn1nc(-c2ccc(Cl)c(C#Cc3ccc(Cl)c(C(=O)N4CCCNCC4)c3)c2)c2c1CCN(C(=O)C(N)=O)C2. The van der Waals surface area contributed by atoms with Gasteiger partial charge in [-0.1, -0.05) is 41.1 Å². The quantitative estimate of drug-likeness (QED) is 0.298. The Labute approximate surface area is 296 Å². The molecule has 1 atom stereocenters. The number of ether oxygens (including phenoxy) is 1. The molecule has 13 heteroatoms. The van der Waals surface area contributed by atoms with E-state index in [1.54, 1.807) is 24.3 Å². The second kappa shape index (κ2) is 15.7. The van der Waals surface area contributed by atoms with Crippen LogP contribution in [-0.4, -0.2) is 107 Å². The molecule has 0 bridgehead atoms. The fraction of sp³-hybridized carbons (Fsp3) is 0.444. The van der Waals surface area contributed by atoms with Crippen LogP contribution >= 0.6 is 23.2 Å². The zero-order valence-electron chi connectivity index (χ0n) is 27.6. The summed E-state index contributed by atoms with van der Waals surface area (Å²) in [6.45, 7) is 9.72. The van der Waals surface area contributed by atoms with Crippen molar-refractivity contribution in [1.82, 2.24) is 29.8 Å². The molecular formula is C36H41Cl2N7O4. The number of carbonyl (C=O) groups is 3. The van der Waals surface area contributed by atoms with Crippen molar-refractivity contribution in [3.8, 4) is 23.1 Å². The van der Waals surface area contributed by atoms with Gasteiger partial charge in [0.25, 0.3) is 5.91 Å². The highest BCUT2D eigenvalue weighted by Crippen LogP contribution is 2.32. The first-order chi connectivity index (χ1) is 23.7. The lowest BCUT2D eigenvalue weighted by Gasteiger charge is -2.33. The molecule has 4 heterocycles. The number of amides is 3. The van der Waals surface area contributed by atoms with Gasteiger partial charge in [-0.3, -0.25) is 24.0 Å². The highest BCUT2D eigenvalue weighted by atomic mass is 35.5. The molecular weight excluding hydrogens is 665 g/mol. The smallest absolute Gasteiger partial charge is 0.311 e. The summed E-state index contributed by atoms with van der Waals surface area (Å²) in [7, 11) is 0. The minimum atomic E-state index is -0.975. The van der Waals surface area contributed by atoms with Gasteiger partial charge in [0.1, 0.15) is 0 Å². The third-order valence-electron chi connectivity index (χ3n) is 9.36. The predicted octanol–water partition coefficient (Wildman–Crippen LogP) is 3.17. The number of nitrogens with two attached hydrogens (primary N) is 1. The number of hydrogen-bond acceptors (Lipinski definition) is 7. The summed E-state index contributed by atoms with van der Waals surface area (Å²) < 4.78 is 7.63. The fourth-order valence-corrected chi connectivity index (χ4v) is 7.01. The molecule has 3 aliphatic heterocycles. The number of aromatic nitrogens is 2. The molecule has 2 fully saturated rings. The number of benzene rings is 2. The standard InChI is InChI=1S/C36H41Cl2N7O4/c1-24-23-49-19-18-42(24)14-3-15-45-32-10-16-44(36(48)34(39)46)22-29(32)33(41-45)27-7-9-30(37)26(21-27)6-4-25-5-8-31(38)28(20-25)35(47)43-13-2-11-40-12-17-43/h5,7-9,20-21,24,40H,2-3,10-19,22-23H2,1H3,(H2,39,46)/t24-/m0/s1. The Morgan fingerprint density at radius 2 is 1.84 bits per heavy atom. The summed E-state index contributed by atoms with van der Waals surface area (Å²) in [5.74, 6) is 4.55. The molecule has 3 amide bonds. The van der Waals surface area contributed by atoms with Gasteiger partial charge in [0.05, 0.1) is 41.1 Å². The number of aryl methyl sites for hydroxylation is 1. The van der Waals surface area contributed by atoms with E-state index in [2.05, 4.69) is 29.0 Å². The monoisotopic (exact) mass is 705 g/mol. The van der Waals surface area contributed by atoms with Crippen LogP contribution in [0.2, 0.25) is 10.0 Å². The third-order valence-corrected chi connectivity index (χ3v) is 10.0. The van der Waals surface area contributed by atoms with Crippen LogP contribution in [0.5, 0.6) is 0 Å². The fourth-order valence-electron chi connectivity index (χ4n) is 6.65. The topological polar surface area (TPSA) is 126 Å². The van der Waals surface area contributed by atoms with Crippen LogP contribution in [0.1, 0.15) is 52.5 Å². The Balaban J connectivity index is 1.27. The molecule has 49 heavy (non-hydrogen) atoms. The number of nitrogens with zero attached hydrogens (tertiary/aromatic N) is 5. The Hall–Kier alpha value is -3.92. The Kier molecular flexibility index (Phi) is 11.2. The molecule has 3 aliphatic rings. The molecule has 0 saturated carbocycles. The van der Waals surface area contributed by atoms with Crippen molar-refractivity contribution in [3.05, 3.63) is 74.4 Å². The summed E-state index contributed by atoms with van der Waals surface area (Å²) in [5, 5.41) is 9.22. The van der Waals surface area contributed by atoms with Crippen molar-refractivity contribution >= 4 is 40.9 Å². The van der Waals surface area contributed by atoms with E-state index >= 15 is 0 Å². The minimum absolute atomic E-state index is 0.110. The van der Waals surface area contributed by atoms with Crippen LogP contribution < -0.4 is 11.1 Å². The second-order valence-electron chi connectivity index (χ2n) is 12.7. The summed E-state index contributed by atoms with van der Waals surface area (Å²) in [6, 6.07) is 11.1. The number of morpholine rings is 1. The van der Waals surface area contributed by atoms with Gasteiger partial charge in [-0.15, -0.1) is 0 Å². The average Bonchev–Trinajstić information content (AvgIpc) is 3.25. The summed E-state index contributed by atoms with van der Waals surface area (Å²) in [6.07, 6.45) is 2.34. The number of fused-ring (bicyclic) bond motifs is 1. The van der Waals surface area contributed by atoms with E-state index < -0.39 is 11.8 Å².